The van der Waals surface area contributed by atoms with Gasteiger partial charge in [-0.2, -0.15) is 13.2 Å². The number of hydrogen-bond acceptors (Lipinski definition) is 4. The van der Waals surface area contributed by atoms with Gasteiger partial charge in [0.05, 0.1) is 11.7 Å². The molecule has 1 fully saturated rings. The summed E-state index contributed by atoms with van der Waals surface area (Å²) >= 11 is 0. The molecule has 31 heavy (non-hydrogen) atoms. The highest BCUT2D eigenvalue weighted by Gasteiger charge is 2.35. The summed E-state index contributed by atoms with van der Waals surface area (Å²) in [7, 11) is 0. The molecule has 0 saturated carbocycles. The summed E-state index contributed by atoms with van der Waals surface area (Å²) in [4.78, 5) is 17.5. The molecule has 0 radical (unpaired) electrons. The van der Waals surface area contributed by atoms with Crippen LogP contribution < -0.4 is 0 Å². The molecule has 0 bridgehead atoms. The molecule has 8 heteroatoms. The van der Waals surface area contributed by atoms with Crippen LogP contribution in [0.15, 0.2) is 24.5 Å². The Hall–Kier alpha value is -2.09. The Morgan fingerprint density at radius 1 is 1.19 bits per heavy atom. The summed E-state index contributed by atoms with van der Waals surface area (Å²) in [6, 6.07) is 1.44. The molecule has 1 aromatic heterocycles. The average Bonchev–Trinajstić information content (AvgIpc) is 2.71. The van der Waals surface area contributed by atoms with Crippen molar-refractivity contribution in [3.63, 3.8) is 0 Å². The van der Waals surface area contributed by atoms with Crippen LogP contribution in [0.25, 0.3) is 5.57 Å². The van der Waals surface area contributed by atoms with Crippen LogP contribution >= 0.6 is 0 Å². The Morgan fingerprint density at radius 2 is 1.90 bits per heavy atom. The number of piperidine rings is 1. The van der Waals surface area contributed by atoms with Crippen molar-refractivity contribution in [2.24, 2.45) is 5.92 Å². The van der Waals surface area contributed by atoms with Gasteiger partial charge in [0.15, 0.2) is 0 Å². The molecule has 172 valence electrons. The van der Waals surface area contributed by atoms with E-state index < -0.39 is 17.3 Å². The van der Waals surface area contributed by atoms with Gasteiger partial charge >= 0.3 is 12.3 Å². The quantitative estimate of drug-likeness (QED) is 0.603. The molecule has 0 spiro atoms. The van der Waals surface area contributed by atoms with Crippen LogP contribution in [-0.4, -0.2) is 47.4 Å². The number of allylic oxidation sites excluding steroid dienone is 1. The normalized spacial score (nSPS) is 21.0. The minimum Gasteiger partial charge on any atom is -0.444 e. The van der Waals surface area contributed by atoms with E-state index in [0.717, 1.165) is 19.0 Å². The molecule has 1 atom stereocenters. The van der Waals surface area contributed by atoms with Crippen LogP contribution in [0.2, 0.25) is 0 Å². The number of likely N-dealkylation sites (tertiary alicyclic amines) is 1. The number of rotatable bonds is 4. The molecule has 3 rings (SSSR count). The van der Waals surface area contributed by atoms with Crippen molar-refractivity contribution >= 4 is 11.7 Å². The van der Waals surface area contributed by atoms with E-state index in [0.29, 0.717) is 50.4 Å². The van der Waals surface area contributed by atoms with Crippen LogP contribution in [-0.2, 0) is 15.7 Å². The highest BCUT2D eigenvalue weighted by atomic mass is 19.4. The minimum absolute atomic E-state index is 0.0174. The maximum atomic E-state index is 13.2. The third kappa shape index (κ3) is 6.69. The molecule has 1 aliphatic carbocycles. The molecule has 1 aliphatic heterocycles. The third-order valence-corrected chi connectivity index (χ3v) is 5.67. The number of alkyl halides is 3. The van der Waals surface area contributed by atoms with Crippen molar-refractivity contribution < 1.29 is 27.4 Å². The molecule has 0 aromatic carbocycles. The number of carbonyl (C=O) groups excluding carboxylic acids is 1. The molecule has 1 amide bonds. The van der Waals surface area contributed by atoms with E-state index in [2.05, 4.69) is 4.98 Å². The zero-order valence-corrected chi connectivity index (χ0v) is 18.4. The molecule has 1 unspecified atom stereocenters. The lowest BCUT2D eigenvalue weighted by Gasteiger charge is -2.34. The first-order valence-electron chi connectivity index (χ1n) is 10.8. The van der Waals surface area contributed by atoms with Gasteiger partial charge in [-0.05, 0) is 76.0 Å². The maximum absolute atomic E-state index is 13.2. The topological polar surface area (TPSA) is 51.7 Å². The Kier molecular flexibility index (Phi) is 7.29. The van der Waals surface area contributed by atoms with Gasteiger partial charge in [-0.1, -0.05) is 6.08 Å². The number of nitrogens with zero attached hydrogens (tertiary/aromatic N) is 2. The van der Waals surface area contributed by atoms with Crippen molar-refractivity contribution in [1.82, 2.24) is 9.88 Å². The average molecular weight is 441 g/mol. The predicted octanol–water partition coefficient (Wildman–Crippen LogP) is 5.70. The number of halogens is 3. The third-order valence-electron chi connectivity index (χ3n) is 5.67. The maximum Gasteiger partial charge on any atom is 0.418 e. The van der Waals surface area contributed by atoms with E-state index in [1.54, 1.807) is 4.90 Å². The fourth-order valence-electron chi connectivity index (χ4n) is 3.99. The number of ether oxygens (including phenoxy) is 2. The first-order valence-corrected chi connectivity index (χ1v) is 10.8. The molecule has 1 aromatic rings. The summed E-state index contributed by atoms with van der Waals surface area (Å²) in [6.45, 7) is 7.48. The van der Waals surface area contributed by atoms with E-state index in [9.17, 15) is 18.0 Å². The van der Waals surface area contributed by atoms with E-state index in [1.165, 1.54) is 12.3 Å². The first-order chi connectivity index (χ1) is 14.5. The second-order valence-corrected chi connectivity index (χ2v) is 9.29. The summed E-state index contributed by atoms with van der Waals surface area (Å²) in [5, 5.41) is 0. The van der Waals surface area contributed by atoms with E-state index >= 15 is 0 Å². The number of aromatic nitrogens is 1. The Balaban J connectivity index is 1.46. The fraction of sp³-hybridized carbons (Fsp3) is 0.652. The van der Waals surface area contributed by atoms with Gasteiger partial charge in [0.2, 0.25) is 0 Å². The zero-order valence-electron chi connectivity index (χ0n) is 18.4. The van der Waals surface area contributed by atoms with Gasteiger partial charge < -0.3 is 14.4 Å². The van der Waals surface area contributed by atoms with Gasteiger partial charge in [0.1, 0.15) is 5.60 Å². The van der Waals surface area contributed by atoms with Gasteiger partial charge in [-0.3, -0.25) is 4.98 Å². The second-order valence-electron chi connectivity index (χ2n) is 9.29. The summed E-state index contributed by atoms with van der Waals surface area (Å²) in [5.41, 5.74) is -0.255. The van der Waals surface area contributed by atoms with Gasteiger partial charge in [0, 0.05) is 32.1 Å². The van der Waals surface area contributed by atoms with Crippen molar-refractivity contribution in [1.29, 1.82) is 0 Å². The van der Waals surface area contributed by atoms with Gasteiger partial charge in [0.25, 0.3) is 0 Å². The van der Waals surface area contributed by atoms with Gasteiger partial charge in [-0.15, -0.1) is 0 Å². The lowest BCUT2D eigenvalue weighted by Crippen LogP contribution is -2.42. The summed E-state index contributed by atoms with van der Waals surface area (Å²) in [6.07, 6.45) is 3.06. The Labute approximate surface area is 181 Å². The summed E-state index contributed by atoms with van der Waals surface area (Å²) in [5.74, 6) is 0.376. The number of hydrogen-bond donors (Lipinski definition) is 0. The lowest BCUT2D eigenvalue weighted by atomic mass is 9.90. The highest BCUT2D eigenvalue weighted by Crippen LogP contribution is 2.37. The standard InChI is InChI=1S/C23H31F3N2O3/c1-22(2,3)31-21(29)28-12-9-16(10-13-28)15-30-18-6-4-17(5-7-18)19-8-11-27-14-20(19)23(24,25)26/h4,8,11,14,16,18H,5-7,9-10,12-13,15H2,1-3H3. The molecular formula is C23H31F3N2O3. The molecule has 2 aliphatic rings. The first kappa shape index (κ1) is 23.6. The molecular weight excluding hydrogens is 409 g/mol. The van der Waals surface area contributed by atoms with Crippen molar-refractivity contribution in [2.45, 2.75) is 70.8 Å². The number of amides is 1. The van der Waals surface area contributed by atoms with Crippen LogP contribution in [0.4, 0.5) is 18.0 Å². The van der Waals surface area contributed by atoms with Gasteiger partial charge in [-0.25, -0.2) is 4.79 Å². The SMILES string of the molecule is CC(C)(C)OC(=O)N1CCC(COC2CC=C(c3ccncc3C(F)(F)F)CC2)CC1. The Bertz CT molecular complexity index is 794. The van der Waals surface area contributed by atoms with Crippen molar-refractivity contribution in [3.05, 3.63) is 35.7 Å². The molecule has 0 N–H and O–H groups in total. The number of pyridine rings is 1. The monoisotopic (exact) mass is 440 g/mol. The second kappa shape index (κ2) is 9.59. The number of carbonyl (C=O) groups is 1. The largest absolute Gasteiger partial charge is 0.444 e. The van der Waals surface area contributed by atoms with E-state index in [4.69, 9.17) is 9.47 Å². The fourth-order valence-corrected chi connectivity index (χ4v) is 3.99. The smallest absolute Gasteiger partial charge is 0.418 e. The summed E-state index contributed by atoms with van der Waals surface area (Å²) < 4.78 is 51.2. The van der Waals surface area contributed by atoms with Crippen LogP contribution in [0.5, 0.6) is 0 Å². The van der Waals surface area contributed by atoms with Crippen LogP contribution in [0.1, 0.15) is 64.0 Å². The van der Waals surface area contributed by atoms with Crippen molar-refractivity contribution in [3.8, 4) is 0 Å². The van der Waals surface area contributed by atoms with Crippen LogP contribution in [0, 0.1) is 5.92 Å². The van der Waals surface area contributed by atoms with Crippen molar-refractivity contribution in [2.75, 3.05) is 19.7 Å². The van der Waals surface area contributed by atoms with E-state index in [-0.39, 0.29) is 17.8 Å². The highest BCUT2D eigenvalue weighted by molar-refractivity contribution is 5.69. The van der Waals surface area contributed by atoms with Crippen LogP contribution in [0.3, 0.4) is 0 Å². The molecule has 1 saturated heterocycles. The predicted molar refractivity (Wildman–Crippen MR) is 111 cm³/mol. The lowest BCUT2D eigenvalue weighted by molar-refractivity contribution is -0.138. The van der Waals surface area contributed by atoms with E-state index in [1.807, 2.05) is 26.8 Å². The Morgan fingerprint density at radius 3 is 2.48 bits per heavy atom. The minimum atomic E-state index is -4.41. The zero-order chi connectivity index (χ0) is 22.6. The molecule has 5 nitrogen and oxygen atoms in total. The molecule has 2 heterocycles.